The molecule has 1 amide bonds. The summed E-state index contributed by atoms with van der Waals surface area (Å²) in [5.41, 5.74) is -0.0234. The Labute approximate surface area is 123 Å². The molecule has 0 aromatic heterocycles. The number of carbonyl (C=O) groups is 1. The molecular formula is C16H20F2N2O. The quantitative estimate of drug-likeness (QED) is 0.855. The fraction of sp³-hybridized carbons (Fsp3) is 0.562. The zero-order valence-electron chi connectivity index (χ0n) is 12.0. The maximum absolute atomic E-state index is 13.8. The number of rotatable bonds is 3. The molecular weight excluding hydrogens is 274 g/mol. The Balaban J connectivity index is 1.73. The van der Waals surface area contributed by atoms with Crippen LogP contribution in [0, 0.1) is 11.6 Å². The first kappa shape index (κ1) is 14.4. The summed E-state index contributed by atoms with van der Waals surface area (Å²) in [5, 5.41) is 0. The van der Waals surface area contributed by atoms with E-state index in [0.717, 1.165) is 44.6 Å². The zero-order valence-corrected chi connectivity index (χ0v) is 12.0. The highest BCUT2D eigenvalue weighted by molar-refractivity contribution is 5.94. The molecule has 0 N–H and O–H groups in total. The Hall–Kier alpha value is -1.49. The third-order valence-corrected chi connectivity index (χ3v) is 4.47. The van der Waals surface area contributed by atoms with E-state index in [2.05, 4.69) is 4.90 Å². The molecule has 2 aliphatic rings. The highest BCUT2D eigenvalue weighted by atomic mass is 19.1. The van der Waals surface area contributed by atoms with Gasteiger partial charge in [-0.15, -0.1) is 0 Å². The van der Waals surface area contributed by atoms with Crippen LogP contribution in [0.1, 0.15) is 36.0 Å². The standard InChI is InChI=1S/C16H20F2N2O/c17-12-5-6-14(15(18)10-12)16(21)20-9-3-4-13(20)11-19-7-1-2-8-19/h5-6,10,13H,1-4,7-9,11H2/t13-/m0/s1. The predicted molar refractivity (Wildman–Crippen MR) is 76.1 cm³/mol. The van der Waals surface area contributed by atoms with Gasteiger partial charge in [-0.1, -0.05) is 0 Å². The first-order valence-electron chi connectivity index (χ1n) is 7.63. The van der Waals surface area contributed by atoms with Gasteiger partial charge in [0.1, 0.15) is 11.6 Å². The molecule has 1 aromatic carbocycles. The molecule has 0 saturated carbocycles. The lowest BCUT2D eigenvalue weighted by atomic mass is 10.1. The van der Waals surface area contributed by atoms with E-state index in [9.17, 15) is 13.6 Å². The van der Waals surface area contributed by atoms with Crippen molar-refractivity contribution in [1.29, 1.82) is 0 Å². The van der Waals surface area contributed by atoms with Crippen LogP contribution in [0.3, 0.4) is 0 Å². The summed E-state index contributed by atoms with van der Waals surface area (Å²) in [4.78, 5) is 16.6. The number of amides is 1. The number of hydrogen-bond donors (Lipinski definition) is 0. The summed E-state index contributed by atoms with van der Waals surface area (Å²) in [7, 11) is 0. The van der Waals surface area contributed by atoms with Crippen molar-refractivity contribution in [2.45, 2.75) is 31.7 Å². The molecule has 5 heteroatoms. The van der Waals surface area contributed by atoms with Gasteiger partial charge in [0.2, 0.25) is 0 Å². The Morgan fingerprint density at radius 2 is 1.90 bits per heavy atom. The normalized spacial score (nSPS) is 23.0. The van der Waals surface area contributed by atoms with Gasteiger partial charge in [0.15, 0.2) is 0 Å². The van der Waals surface area contributed by atoms with E-state index in [-0.39, 0.29) is 17.5 Å². The Morgan fingerprint density at radius 1 is 1.14 bits per heavy atom. The van der Waals surface area contributed by atoms with Crippen LogP contribution in [-0.2, 0) is 0 Å². The van der Waals surface area contributed by atoms with Gasteiger partial charge >= 0.3 is 0 Å². The molecule has 2 fully saturated rings. The van der Waals surface area contributed by atoms with Crippen LogP contribution in [0.2, 0.25) is 0 Å². The van der Waals surface area contributed by atoms with E-state index in [4.69, 9.17) is 0 Å². The van der Waals surface area contributed by atoms with E-state index in [1.54, 1.807) is 4.90 Å². The minimum Gasteiger partial charge on any atom is -0.334 e. The van der Waals surface area contributed by atoms with Gasteiger partial charge in [-0.05, 0) is 50.9 Å². The number of benzene rings is 1. The van der Waals surface area contributed by atoms with Gasteiger partial charge in [-0.2, -0.15) is 0 Å². The van der Waals surface area contributed by atoms with Gasteiger partial charge in [0.05, 0.1) is 5.56 Å². The zero-order chi connectivity index (χ0) is 14.8. The van der Waals surface area contributed by atoms with Gasteiger partial charge < -0.3 is 9.80 Å². The van der Waals surface area contributed by atoms with Crippen LogP contribution in [-0.4, -0.2) is 47.9 Å². The second kappa shape index (κ2) is 6.10. The fourth-order valence-electron chi connectivity index (χ4n) is 3.37. The molecule has 2 saturated heterocycles. The second-order valence-corrected chi connectivity index (χ2v) is 5.93. The molecule has 3 rings (SSSR count). The fourth-order valence-corrected chi connectivity index (χ4v) is 3.37. The van der Waals surface area contributed by atoms with Crippen LogP contribution in [0.15, 0.2) is 18.2 Å². The average molecular weight is 294 g/mol. The van der Waals surface area contributed by atoms with Crippen LogP contribution in [0.5, 0.6) is 0 Å². The Kier molecular flexibility index (Phi) is 4.19. The molecule has 2 heterocycles. The molecule has 0 unspecified atom stereocenters. The topological polar surface area (TPSA) is 23.6 Å². The van der Waals surface area contributed by atoms with E-state index in [0.29, 0.717) is 6.54 Å². The summed E-state index contributed by atoms with van der Waals surface area (Å²) < 4.78 is 26.8. The Bertz CT molecular complexity index is 529. The van der Waals surface area contributed by atoms with Crippen LogP contribution < -0.4 is 0 Å². The summed E-state index contributed by atoms with van der Waals surface area (Å²) in [5.74, 6) is -1.74. The van der Waals surface area contributed by atoms with Crippen molar-refractivity contribution in [2.75, 3.05) is 26.2 Å². The monoisotopic (exact) mass is 294 g/mol. The van der Waals surface area contributed by atoms with E-state index >= 15 is 0 Å². The molecule has 1 aromatic rings. The number of nitrogens with zero attached hydrogens (tertiary/aromatic N) is 2. The van der Waals surface area contributed by atoms with E-state index < -0.39 is 11.6 Å². The molecule has 0 spiro atoms. The molecule has 21 heavy (non-hydrogen) atoms. The molecule has 0 aliphatic carbocycles. The van der Waals surface area contributed by atoms with Gasteiger partial charge in [-0.25, -0.2) is 8.78 Å². The summed E-state index contributed by atoms with van der Waals surface area (Å²) in [6.07, 6.45) is 4.35. The van der Waals surface area contributed by atoms with Crippen molar-refractivity contribution in [3.8, 4) is 0 Å². The first-order chi connectivity index (χ1) is 10.1. The minimum absolute atomic E-state index is 0.0234. The van der Waals surface area contributed by atoms with Crippen molar-refractivity contribution in [1.82, 2.24) is 9.80 Å². The van der Waals surface area contributed by atoms with E-state index in [1.807, 2.05) is 0 Å². The smallest absolute Gasteiger partial charge is 0.257 e. The molecule has 2 aliphatic heterocycles. The van der Waals surface area contributed by atoms with Crippen molar-refractivity contribution >= 4 is 5.91 Å². The summed E-state index contributed by atoms with van der Waals surface area (Å²) in [6.45, 7) is 3.70. The van der Waals surface area contributed by atoms with Crippen LogP contribution in [0.25, 0.3) is 0 Å². The Morgan fingerprint density at radius 3 is 2.62 bits per heavy atom. The molecule has 0 bridgehead atoms. The number of carbonyl (C=O) groups excluding carboxylic acids is 1. The van der Waals surface area contributed by atoms with Crippen molar-refractivity contribution in [3.05, 3.63) is 35.4 Å². The van der Waals surface area contributed by atoms with Gasteiger partial charge in [0, 0.05) is 25.2 Å². The maximum atomic E-state index is 13.8. The summed E-state index contributed by atoms with van der Waals surface area (Å²) >= 11 is 0. The van der Waals surface area contributed by atoms with Crippen LogP contribution in [0.4, 0.5) is 8.78 Å². The third-order valence-electron chi connectivity index (χ3n) is 4.47. The summed E-state index contributed by atoms with van der Waals surface area (Å²) in [6, 6.07) is 3.32. The van der Waals surface area contributed by atoms with Crippen molar-refractivity contribution in [3.63, 3.8) is 0 Å². The SMILES string of the molecule is O=C(c1ccc(F)cc1F)N1CCC[C@H]1CN1CCCC1. The maximum Gasteiger partial charge on any atom is 0.257 e. The lowest BCUT2D eigenvalue weighted by molar-refractivity contribution is 0.0704. The molecule has 1 atom stereocenters. The number of hydrogen-bond acceptors (Lipinski definition) is 2. The van der Waals surface area contributed by atoms with E-state index in [1.165, 1.54) is 18.9 Å². The predicted octanol–water partition coefficient (Wildman–Crippen LogP) is 2.67. The number of likely N-dealkylation sites (tertiary alicyclic amines) is 2. The highest BCUT2D eigenvalue weighted by Gasteiger charge is 2.32. The second-order valence-electron chi connectivity index (χ2n) is 5.93. The lowest BCUT2D eigenvalue weighted by Gasteiger charge is -2.28. The van der Waals surface area contributed by atoms with Crippen molar-refractivity contribution < 1.29 is 13.6 Å². The van der Waals surface area contributed by atoms with Crippen LogP contribution >= 0.6 is 0 Å². The molecule has 3 nitrogen and oxygen atoms in total. The van der Waals surface area contributed by atoms with Gasteiger partial charge in [0.25, 0.3) is 5.91 Å². The third kappa shape index (κ3) is 3.07. The molecule has 0 radical (unpaired) electrons. The first-order valence-corrected chi connectivity index (χ1v) is 7.63. The molecule has 114 valence electrons. The average Bonchev–Trinajstić information content (AvgIpc) is 3.10. The van der Waals surface area contributed by atoms with Crippen molar-refractivity contribution in [2.24, 2.45) is 0 Å². The minimum atomic E-state index is -0.771. The number of halogens is 2. The highest BCUT2D eigenvalue weighted by Crippen LogP contribution is 2.23. The lowest BCUT2D eigenvalue weighted by Crippen LogP contribution is -2.42. The largest absolute Gasteiger partial charge is 0.334 e. The van der Waals surface area contributed by atoms with Gasteiger partial charge in [-0.3, -0.25) is 4.79 Å².